The molecule has 3 fully saturated rings. The predicted molar refractivity (Wildman–Crippen MR) is 206 cm³/mol. The number of likely N-dealkylation sites (N-methyl/N-ethyl adjacent to an activating group) is 1. The van der Waals surface area contributed by atoms with E-state index in [9.17, 15) is 19.2 Å². The van der Waals surface area contributed by atoms with Gasteiger partial charge in [-0.1, -0.05) is 18.2 Å². The molecule has 4 heterocycles. The number of urea groups is 1. The number of nitrogen functional groups attached to an aromatic ring is 1. The molecule has 14 heteroatoms. The third kappa shape index (κ3) is 9.50. The molecule has 4 amide bonds. The largest absolute Gasteiger partial charge is 0.397 e. The van der Waals surface area contributed by atoms with Gasteiger partial charge in [0.05, 0.1) is 5.69 Å². The first-order valence-corrected chi connectivity index (χ1v) is 19.8. The Morgan fingerprint density at radius 2 is 1.55 bits per heavy atom. The number of nitrogens with zero attached hydrogens (tertiary/aromatic N) is 5. The zero-order valence-electron chi connectivity index (χ0n) is 29.4. The topological polar surface area (TPSA) is 135 Å². The van der Waals surface area contributed by atoms with Crippen LogP contribution in [-0.2, 0) is 16.0 Å². The van der Waals surface area contributed by atoms with Crippen LogP contribution in [0.3, 0.4) is 0 Å². The standard InChI is InChI=1S/C37H50Br2N8O4/c1-43-18-20-45(21-19-43)27-7-12-44(13-8-27)14-11-34(49)41-32(24-33(48)26-22-29(38)35(40)30(39)23-26)36(50)46-15-9-28(10-16-46)47-17-6-25-4-2-3-5-31(25)42-37(47)51/h2-5,22-23,27-28,32H,6-21,24,40H2,1H3,(H,41,49)(H,42,51)/t32-/m1/s1. The van der Waals surface area contributed by atoms with Crippen LogP contribution in [0.4, 0.5) is 16.2 Å². The summed E-state index contributed by atoms with van der Waals surface area (Å²) in [5, 5.41) is 5.99. The van der Waals surface area contributed by atoms with Crippen molar-refractivity contribution in [3.63, 3.8) is 0 Å². The minimum absolute atomic E-state index is 0.0112. The highest BCUT2D eigenvalue weighted by molar-refractivity contribution is 9.11. The summed E-state index contributed by atoms with van der Waals surface area (Å²) in [5.74, 6) is -0.779. The van der Waals surface area contributed by atoms with Crippen molar-refractivity contribution >= 4 is 66.9 Å². The first-order chi connectivity index (χ1) is 24.5. The van der Waals surface area contributed by atoms with Crippen molar-refractivity contribution in [2.45, 2.75) is 63.1 Å². The number of fused-ring (bicyclic) bond motifs is 1. The van der Waals surface area contributed by atoms with Gasteiger partial charge in [0.1, 0.15) is 6.04 Å². The molecule has 0 aliphatic carbocycles. The van der Waals surface area contributed by atoms with Crippen molar-refractivity contribution in [3.05, 3.63) is 56.5 Å². The van der Waals surface area contributed by atoms with Gasteiger partial charge >= 0.3 is 6.03 Å². The molecular formula is C37H50Br2N8O4. The number of carbonyl (C=O) groups is 4. The number of benzene rings is 2. The van der Waals surface area contributed by atoms with Crippen LogP contribution in [0, 0.1) is 0 Å². The minimum Gasteiger partial charge on any atom is -0.397 e. The van der Waals surface area contributed by atoms with Crippen LogP contribution in [0.5, 0.6) is 0 Å². The Morgan fingerprint density at radius 3 is 2.24 bits per heavy atom. The van der Waals surface area contributed by atoms with Crippen molar-refractivity contribution in [1.29, 1.82) is 0 Å². The second-order valence-corrected chi connectivity index (χ2v) is 16.1. The number of rotatable bonds is 10. The predicted octanol–water partition coefficient (Wildman–Crippen LogP) is 4.03. The lowest BCUT2D eigenvalue weighted by Gasteiger charge is -2.42. The fourth-order valence-corrected chi connectivity index (χ4v) is 9.01. The number of anilines is 2. The lowest BCUT2D eigenvalue weighted by Crippen LogP contribution is -2.55. The van der Waals surface area contributed by atoms with Gasteiger partial charge in [-0.25, -0.2) is 4.79 Å². The first kappa shape index (κ1) is 37.7. The van der Waals surface area contributed by atoms with Crippen molar-refractivity contribution in [2.75, 3.05) is 83.5 Å². The summed E-state index contributed by atoms with van der Waals surface area (Å²) in [5.41, 5.74) is 8.88. The molecule has 3 saturated heterocycles. The van der Waals surface area contributed by atoms with E-state index in [0.29, 0.717) is 65.3 Å². The fraction of sp³-hybridized carbons (Fsp3) is 0.568. The zero-order valence-corrected chi connectivity index (χ0v) is 32.6. The smallest absolute Gasteiger partial charge is 0.322 e. The average Bonchev–Trinajstić information content (AvgIpc) is 3.30. The van der Waals surface area contributed by atoms with E-state index in [-0.39, 0.29) is 42.5 Å². The van der Waals surface area contributed by atoms with E-state index in [4.69, 9.17) is 5.73 Å². The van der Waals surface area contributed by atoms with Gasteiger partial charge in [-0.15, -0.1) is 0 Å². The average molecular weight is 831 g/mol. The van der Waals surface area contributed by atoms with E-state index in [1.165, 1.54) is 0 Å². The van der Waals surface area contributed by atoms with Crippen LogP contribution in [0.2, 0.25) is 0 Å². The number of hydrogen-bond donors (Lipinski definition) is 3. The number of carbonyl (C=O) groups excluding carboxylic acids is 4. The summed E-state index contributed by atoms with van der Waals surface area (Å²) >= 11 is 6.82. The van der Waals surface area contributed by atoms with E-state index in [1.807, 2.05) is 29.2 Å². The van der Waals surface area contributed by atoms with Crippen LogP contribution in [0.1, 0.15) is 54.4 Å². The molecule has 6 rings (SSSR count). The normalized spacial score (nSPS) is 20.7. The number of piperazine rings is 1. The second-order valence-electron chi connectivity index (χ2n) is 14.4. The summed E-state index contributed by atoms with van der Waals surface area (Å²) in [4.78, 5) is 65.1. The Morgan fingerprint density at radius 1 is 0.902 bits per heavy atom. The molecule has 0 aromatic heterocycles. The molecule has 2 aromatic rings. The van der Waals surface area contributed by atoms with Crippen LogP contribution >= 0.6 is 31.9 Å². The van der Waals surface area contributed by atoms with E-state index in [2.05, 4.69) is 64.2 Å². The summed E-state index contributed by atoms with van der Waals surface area (Å²) in [6.07, 6.45) is 4.26. The fourth-order valence-electron chi connectivity index (χ4n) is 7.83. The van der Waals surface area contributed by atoms with Crippen molar-refractivity contribution in [2.24, 2.45) is 0 Å². The second kappa shape index (κ2) is 17.2. The summed E-state index contributed by atoms with van der Waals surface area (Å²) in [7, 11) is 2.18. The molecule has 4 aliphatic rings. The number of Topliss-reactive ketones (excluding diaryl/α,β-unsaturated/α-hetero) is 1. The van der Waals surface area contributed by atoms with E-state index in [1.54, 1.807) is 17.0 Å². The quantitative estimate of drug-likeness (QED) is 0.242. The zero-order chi connectivity index (χ0) is 36.1. The van der Waals surface area contributed by atoms with E-state index >= 15 is 0 Å². The van der Waals surface area contributed by atoms with Gasteiger partial charge in [0, 0.05) is 97.5 Å². The molecule has 4 N–H and O–H groups in total. The third-order valence-corrected chi connectivity index (χ3v) is 12.4. The molecule has 276 valence electrons. The number of halogens is 2. The Labute approximate surface area is 317 Å². The Kier molecular flexibility index (Phi) is 12.7. The van der Waals surface area contributed by atoms with Gasteiger partial charge in [-0.3, -0.25) is 19.3 Å². The number of ketones is 1. The number of hydrogen-bond acceptors (Lipinski definition) is 8. The van der Waals surface area contributed by atoms with Crippen LogP contribution in [0.25, 0.3) is 0 Å². The Bertz CT molecular complexity index is 1560. The number of likely N-dealkylation sites (tertiary alicyclic amines) is 2. The molecule has 12 nitrogen and oxygen atoms in total. The monoisotopic (exact) mass is 828 g/mol. The SMILES string of the molecule is CN1CCN(C2CCN(CCC(=O)N[C@H](CC(=O)c3cc(Br)c(N)c(Br)c3)C(=O)N3CCC(N4CCc5ccccc5NC4=O)CC3)CC2)CC1. The van der Waals surface area contributed by atoms with Crippen LogP contribution < -0.4 is 16.4 Å². The van der Waals surface area contributed by atoms with Gasteiger partial charge in [0.25, 0.3) is 0 Å². The molecule has 0 unspecified atom stereocenters. The van der Waals surface area contributed by atoms with Crippen molar-refractivity contribution < 1.29 is 19.2 Å². The van der Waals surface area contributed by atoms with E-state index in [0.717, 1.165) is 69.8 Å². The number of nitrogens with two attached hydrogens (primary N) is 1. The molecular weight excluding hydrogens is 780 g/mol. The van der Waals surface area contributed by atoms with Gasteiger partial charge < -0.3 is 36.0 Å². The lowest BCUT2D eigenvalue weighted by molar-refractivity contribution is -0.137. The van der Waals surface area contributed by atoms with Crippen molar-refractivity contribution in [3.8, 4) is 0 Å². The molecule has 0 bridgehead atoms. The maximum Gasteiger partial charge on any atom is 0.322 e. The van der Waals surface area contributed by atoms with Gasteiger partial charge in [-0.05, 0) is 108 Å². The summed E-state index contributed by atoms with van der Waals surface area (Å²) in [6, 6.07) is 10.6. The highest BCUT2D eigenvalue weighted by Gasteiger charge is 2.35. The Balaban J connectivity index is 1.05. The molecule has 1 atom stereocenters. The third-order valence-electron chi connectivity index (χ3n) is 11.0. The molecule has 0 spiro atoms. The maximum absolute atomic E-state index is 14.1. The van der Waals surface area contributed by atoms with Gasteiger partial charge in [0.2, 0.25) is 11.8 Å². The molecule has 2 aromatic carbocycles. The number of nitrogens with one attached hydrogen (secondary N) is 2. The Hall–Kier alpha value is -3.04. The number of amides is 4. The molecule has 51 heavy (non-hydrogen) atoms. The highest BCUT2D eigenvalue weighted by atomic mass is 79.9. The molecule has 0 radical (unpaired) electrons. The van der Waals surface area contributed by atoms with Crippen molar-refractivity contribution in [1.82, 2.24) is 29.8 Å². The summed E-state index contributed by atoms with van der Waals surface area (Å²) < 4.78 is 1.15. The van der Waals surface area contributed by atoms with Gasteiger partial charge in [0.15, 0.2) is 5.78 Å². The number of para-hydroxylation sites is 1. The first-order valence-electron chi connectivity index (χ1n) is 18.2. The number of piperidine rings is 2. The highest BCUT2D eigenvalue weighted by Crippen LogP contribution is 2.31. The lowest BCUT2D eigenvalue weighted by atomic mass is 9.99. The molecule has 4 aliphatic heterocycles. The van der Waals surface area contributed by atoms with Gasteiger partial charge in [-0.2, -0.15) is 0 Å². The minimum atomic E-state index is -1.00. The van der Waals surface area contributed by atoms with Crippen LogP contribution in [0.15, 0.2) is 45.3 Å². The van der Waals surface area contributed by atoms with Crippen LogP contribution in [-0.4, -0.2) is 139 Å². The van der Waals surface area contributed by atoms with E-state index < -0.39 is 6.04 Å². The summed E-state index contributed by atoms with van der Waals surface area (Å²) in [6.45, 7) is 8.42. The molecule has 0 saturated carbocycles. The maximum atomic E-state index is 14.1.